The Bertz CT molecular complexity index is 607. The van der Waals surface area contributed by atoms with Crippen LogP contribution < -0.4 is 0 Å². The van der Waals surface area contributed by atoms with E-state index in [0.29, 0.717) is 10.0 Å². The SMILES string of the molecule is Clc1ccc([C@H]2CN(CCCn3cnnn3)CCO2)cc1Cl. The van der Waals surface area contributed by atoms with Crippen molar-refractivity contribution in [3.8, 4) is 0 Å². The molecule has 0 bridgehead atoms. The van der Waals surface area contributed by atoms with Crippen LogP contribution in [0.2, 0.25) is 10.0 Å². The number of nitrogens with zero attached hydrogens (tertiary/aromatic N) is 5. The maximum atomic E-state index is 6.09. The van der Waals surface area contributed by atoms with E-state index in [1.54, 1.807) is 11.0 Å². The summed E-state index contributed by atoms with van der Waals surface area (Å²) in [5.74, 6) is 0. The van der Waals surface area contributed by atoms with Gasteiger partial charge in [0.1, 0.15) is 6.33 Å². The maximum Gasteiger partial charge on any atom is 0.138 e. The number of hydrogen-bond acceptors (Lipinski definition) is 5. The Kier molecular flexibility index (Phi) is 5.25. The summed E-state index contributed by atoms with van der Waals surface area (Å²) < 4.78 is 7.61. The molecule has 3 rings (SSSR count). The molecule has 1 aliphatic heterocycles. The van der Waals surface area contributed by atoms with E-state index in [2.05, 4.69) is 20.4 Å². The number of ether oxygens (including phenoxy) is 1. The summed E-state index contributed by atoms with van der Waals surface area (Å²) in [6.45, 7) is 4.32. The highest BCUT2D eigenvalue weighted by Gasteiger charge is 2.22. The second-order valence-electron chi connectivity index (χ2n) is 5.26. The van der Waals surface area contributed by atoms with Gasteiger partial charge in [0.05, 0.1) is 22.8 Å². The van der Waals surface area contributed by atoms with Gasteiger partial charge in [-0.15, -0.1) is 5.10 Å². The van der Waals surface area contributed by atoms with Crippen molar-refractivity contribution in [2.45, 2.75) is 19.1 Å². The highest BCUT2D eigenvalue weighted by atomic mass is 35.5. The molecular weight excluding hydrogens is 325 g/mol. The number of tetrazole rings is 1. The van der Waals surface area contributed by atoms with E-state index >= 15 is 0 Å². The molecule has 0 spiro atoms. The smallest absolute Gasteiger partial charge is 0.138 e. The minimum absolute atomic E-state index is 0.0385. The van der Waals surface area contributed by atoms with Crippen molar-refractivity contribution in [2.24, 2.45) is 0 Å². The number of aromatic nitrogens is 4. The van der Waals surface area contributed by atoms with Crippen LogP contribution in [0.3, 0.4) is 0 Å². The molecule has 1 aliphatic rings. The highest BCUT2D eigenvalue weighted by molar-refractivity contribution is 6.42. The van der Waals surface area contributed by atoms with E-state index in [1.807, 2.05) is 18.2 Å². The molecule has 2 heterocycles. The molecule has 0 amide bonds. The first-order valence-electron chi connectivity index (χ1n) is 7.22. The Hall–Kier alpha value is -1.21. The molecule has 1 atom stereocenters. The van der Waals surface area contributed by atoms with E-state index in [4.69, 9.17) is 27.9 Å². The van der Waals surface area contributed by atoms with Crippen LogP contribution in [0.25, 0.3) is 0 Å². The largest absolute Gasteiger partial charge is 0.371 e. The van der Waals surface area contributed by atoms with E-state index in [-0.39, 0.29) is 6.10 Å². The van der Waals surface area contributed by atoms with Gasteiger partial charge in [-0.25, -0.2) is 4.68 Å². The molecule has 1 fully saturated rings. The van der Waals surface area contributed by atoms with Crippen molar-refractivity contribution < 1.29 is 4.74 Å². The van der Waals surface area contributed by atoms with Crippen LogP contribution in [0.15, 0.2) is 24.5 Å². The van der Waals surface area contributed by atoms with Crippen LogP contribution in [0, 0.1) is 0 Å². The lowest BCUT2D eigenvalue weighted by molar-refractivity contribution is -0.0305. The zero-order valence-corrected chi connectivity index (χ0v) is 13.5. The van der Waals surface area contributed by atoms with Gasteiger partial charge in [-0.2, -0.15) is 0 Å². The lowest BCUT2D eigenvalue weighted by Crippen LogP contribution is -2.39. The second kappa shape index (κ2) is 7.37. The molecule has 0 radical (unpaired) electrons. The average Bonchev–Trinajstić information content (AvgIpc) is 3.04. The predicted octanol–water partition coefficient (Wildman–Crippen LogP) is 2.44. The van der Waals surface area contributed by atoms with Crippen LogP contribution in [-0.4, -0.2) is 51.3 Å². The lowest BCUT2D eigenvalue weighted by Gasteiger charge is -2.33. The quantitative estimate of drug-likeness (QED) is 0.835. The van der Waals surface area contributed by atoms with Crippen LogP contribution in [0.4, 0.5) is 0 Å². The Morgan fingerprint density at radius 3 is 2.91 bits per heavy atom. The molecule has 0 unspecified atom stereocenters. The minimum atomic E-state index is 0.0385. The Morgan fingerprint density at radius 2 is 2.14 bits per heavy atom. The Morgan fingerprint density at radius 1 is 1.23 bits per heavy atom. The summed E-state index contributed by atoms with van der Waals surface area (Å²) in [7, 11) is 0. The molecule has 22 heavy (non-hydrogen) atoms. The first-order valence-corrected chi connectivity index (χ1v) is 7.97. The fourth-order valence-electron chi connectivity index (χ4n) is 2.56. The Balaban J connectivity index is 1.53. The molecule has 6 nitrogen and oxygen atoms in total. The van der Waals surface area contributed by atoms with Gasteiger partial charge >= 0.3 is 0 Å². The number of halogens is 2. The topological polar surface area (TPSA) is 56.1 Å². The van der Waals surface area contributed by atoms with Gasteiger partial charge < -0.3 is 4.74 Å². The molecular formula is C14H17Cl2N5O. The summed E-state index contributed by atoms with van der Waals surface area (Å²) in [6, 6.07) is 5.68. The summed E-state index contributed by atoms with van der Waals surface area (Å²) in [4.78, 5) is 2.39. The van der Waals surface area contributed by atoms with Gasteiger partial charge in [0.15, 0.2) is 0 Å². The van der Waals surface area contributed by atoms with Crippen molar-refractivity contribution in [3.05, 3.63) is 40.1 Å². The molecule has 0 N–H and O–H groups in total. The Labute approximate surface area is 139 Å². The van der Waals surface area contributed by atoms with E-state index in [1.165, 1.54) is 0 Å². The van der Waals surface area contributed by atoms with Crippen LogP contribution in [0.5, 0.6) is 0 Å². The third-order valence-corrected chi connectivity index (χ3v) is 4.46. The van der Waals surface area contributed by atoms with Crippen molar-refractivity contribution in [1.82, 2.24) is 25.1 Å². The minimum Gasteiger partial charge on any atom is -0.371 e. The van der Waals surface area contributed by atoms with Gasteiger partial charge in [0.25, 0.3) is 0 Å². The molecule has 1 aromatic heterocycles. The van der Waals surface area contributed by atoms with Gasteiger partial charge in [-0.1, -0.05) is 29.3 Å². The number of rotatable bonds is 5. The van der Waals surface area contributed by atoms with Gasteiger partial charge in [-0.3, -0.25) is 4.90 Å². The van der Waals surface area contributed by atoms with Crippen LogP contribution >= 0.6 is 23.2 Å². The summed E-state index contributed by atoms with van der Waals surface area (Å²) in [5.41, 5.74) is 1.07. The average molecular weight is 342 g/mol. The van der Waals surface area contributed by atoms with Gasteiger partial charge in [0, 0.05) is 26.2 Å². The van der Waals surface area contributed by atoms with E-state index in [0.717, 1.165) is 44.8 Å². The van der Waals surface area contributed by atoms with Crippen molar-refractivity contribution in [1.29, 1.82) is 0 Å². The zero-order valence-electron chi connectivity index (χ0n) is 12.0. The van der Waals surface area contributed by atoms with E-state index < -0.39 is 0 Å². The molecule has 1 saturated heterocycles. The monoisotopic (exact) mass is 341 g/mol. The van der Waals surface area contributed by atoms with Crippen molar-refractivity contribution in [2.75, 3.05) is 26.2 Å². The zero-order chi connectivity index (χ0) is 15.4. The molecule has 1 aromatic carbocycles. The lowest BCUT2D eigenvalue weighted by atomic mass is 10.1. The van der Waals surface area contributed by atoms with Crippen LogP contribution in [-0.2, 0) is 11.3 Å². The molecule has 8 heteroatoms. The fraction of sp³-hybridized carbons (Fsp3) is 0.500. The molecule has 2 aromatic rings. The van der Waals surface area contributed by atoms with Crippen LogP contribution in [0.1, 0.15) is 18.1 Å². The number of benzene rings is 1. The standard InChI is InChI=1S/C14H17Cl2N5O/c15-12-3-2-11(8-13(12)16)14-9-20(6-7-22-14)4-1-5-21-10-17-18-19-21/h2-3,8,10,14H,1,4-7,9H2/t14-/m1/s1. The molecule has 118 valence electrons. The third-order valence-electron chi connectivity index (χ3n) is 3.72. The van der Waals surface area contributed by atoms with Gasteiger partial charge in [-0.05, 0) is 34.5 Å². The van der Waals surface area contributed by atoms with Gasteiger partial charge in [0.2, 0.25) is 0 Å². The summed E-state index contributed by atoms with van der Waals surface area (Å²) in [6.07, 6.45) is 2.67. The second-order valence-corrected chi connectivity index (χ2v) is 6.07. The summed E-state index contributed by atoms with van der Waals surface area (Å²) in [5, 5.41) is 12.3. The number of hydrogen-bond donors (Lipinski definition) is 0. The molecule has 0 aliphatic carbocycles. The van der Waals surface area contributed by atoms with Crippen molar-refractivity contribution in [3.63, 3.8) is 0 Å². The summed E-state index contributed by atoms with van der Waals surface area (Å²) >= 11 is 12.1. The van der Waals surface area contributed by atoms with E-state index in [9.17, 15) is 0 Å². The van der Waals surface area contributed by atoms with Crippen molar-refractivity contribution >= 4 is 23.2 Å². The molecule has 0 saturated carbocycles. The highest BCUT2D eigenvalue weighted by Crippen LogP contribution is 2.29. The fourth-order valence-corrected chi connectivity index (χ4v) is 2.87. The maximum absolute atomic E-state index is 6.09. The number of morpholine rings is 1. The third kappa shape index (κ3) is 3.95. The number of aryl methyl sites for hydroxylation is 1. The predicted molar refractivity (Wildman–Crippen MR) is 84.0 cm³/mol. The first kappa shape index (κ1) is 15.7. The first-order chi connectivity index (χ1) is 10.7. The normalized spacial score (nSPS) is 19.5.